The Balaban J connectivity index is 4.35. The topological polar surface area (TPSA) is 136 Å². The number of rotatable bonds is 7. The highest BCUT2D eigenvalue weighted by atomic mass is 16.4. The molecule has 0 bridgehead atoms. The van der Waals surface area contributed by atoms with Crippen LogP contribution in [0.5, 0.6) is 0 Å². The van der Waals surface area contributed by atoms with Gasteiger partial charge in [-0.3, -0.25) is 9.59 Å². The quantitative estimate of drug-likeness (QED) is 0.389. The summed E-state index contributed by atoms with van der Waals surface area (Å²) in [5, 5.41) is 11.0. The Morgan fingerprint density at radius 1 is 1.41 bits per heavy atom. The maximum Gasteiger partial charge on any atom is 0.326 e. The highest BCUT2D eigenvalue weighted by molar-refractivity contribution is 5.87. The maximum absolute atomic E-state index is 11.4. The number of carboxylic acid groups (broad SMARTS) is 1. The fourth-order valence-corrected chi connectivity index (χ4v) is 1.04. The van der Waals surface area contributed by atoms with Crippen molar-refractivity contribution in [3.8, 4) is 12.3 Å². The van der Waals surface area contributed by atoms with E-state index in [9.17, 15) is 14.4 Å². The van der Waals surface area contributed by atoms with E-state index < -0.39 is 29.9 Å². The van der Waals surface area contributed by atoms with Crippen LogP contribution in [0.3, 0.4) is 0 Å². The second kappa shape index (κ2) is 7.24. The number of aliphatic carboxylic acids is 1. The van der Waals surface area contributed by atoms with Gasteiger partial charge in [-0.05, 0) is 6.42 Å². The molecule has 0 fully saturated rings. The number of nitrogens with two attached hydrogens (primary N) is 2. The SMILES string of the molecule is C#CCC(N)C(=O)N[C@H](CCC(N)=O)C(=O)O. The van der Waals surface area contributed by atoms with Gasteiger partial charge in [0, 0.05) is 12.8 Å². The molecule has 2 amide bonds. The molecule has 0 rings (SSSR count). The van der Waals surface area contributed by atoms with E-state index in [1.54, 1.807) is 0 Å². The summed E-state index contributed by atoms with van der Waals surface area (Å²) in [7, 11) is 0. The summed E-state index contributed by atoms with van der Waals surface area (Å²) in [6.07, 6.45) is 4.76. The predicted octanol–water partition coefficient (Wildman–Crippen LogP) is -1.83. The molecule has 0 saturated heterocycles. The average Bonchev–Trinajstić information content (AvgIpc) is 2.23. The second-order valence-electron chi connectivity index (χ2n) is 3.42. The highest BCUT2D eigenvalue weighted by Gasteiger charge is 2.23. The zero-order valence-electron chi connectivity index (χ0n) is 9.18. The van der Waals surface area contributed by atoms with Crippen molar-refractivity contribution in [2.75, 3.05) is 0 Å². The number of hydrogen-bond acceptors (Lipinski definition) is 4. The van der Waals surface area contributed by atoms with Crippen LogP contribution < -0.4 is 16.8 Å². The first-order chi connectivity index (χ1) is 7.88. The first-order valence-electron chi connectivity index (χ1n) is 4.89. The first kappa shape index (κ1) is 14.9. The second-order valence-corrected chi connectivity index (χ2v) is 3.42. The molecular weight excluding hydrogens is 226 g/mol. The van der Waals surface area contributed by atoms with E-state index in [2.05, 4.69) is 11.2 Å². The van der Waals surface area contributed by atoms with E-state index in [0.29, 0.717) is 0 Å². The molecule has 0 spiro atoms. The van der Waals surface area contributed by atoms with Crippen LogP contribution in [0.4, 0.5) is 0 Å². The van der Waals surface area contributed by atoms with Gasteiger partial charge in [-0.1, -0.05) is 0 Å². The molecule has 0 aliphatic carbocycles. The standard InChI is InChI=1S/C10H15N3O4/c1-2-3-6(11)9(15)13-7(10(16)17)4-5-8(12)14/h1,6-7H,3-5,11H2,(H2,12,14)(H,13,15)(H,16,17)/t6?,7-/m1/s1. The molecule has 2 atom stereocenters. The van der Waals surface area contributed by atoms with Gasteiger partial charge in [0.1, 0.15) is 6.04 Å². The summed E-state index contributed by atoms with van der Waals surface area (Å²) in [6.45, 7) is 0. The van der Waals surface area contributed by atoms with Crippen LogP contribution in [0.2, 0.25) is 0 Å². The van der Waals surface area contributed by atoms with Gasteiger partial charge in [0.15, 0.2) is 0 Å². The molecule has 0 aromatic carbocycles. The largest absolute Gasteiger partial charge is 0.480 e. The summed E-state index contributed by atoms with van der Waals surface area (Å²) in [5.41, 5.74) is 10.3. The number of carbonyl (C=O) groups excluding carboxylic acids is 2. The lowest BCUT2D eigenvalue weighted by Crippen LogP contribution is -2.48. The molecule has 0 saturated carbocycles. The van der Waals surface area contributed by atoms with Crippen molar-refractivity contribution in [2.24, 2.45) is 11.5 Å². The average molecular weight is 241 g/mol. The maximum atomic E-state index is 11.4. The number of amides is 2. The van der Waals surface area contributed by atoms with Gasteiger partial charge in [0.25, 0.3) is 0 Å². The van der Waals surface area contributed by atoms with Crippen LogP contribution in [-0.4, -0.2) is 35.0 Å². The molecular formula is C10H15N3O4. The Bertz CT molecular complexity index is 348. The fourth-order valence-electron chi connectivity index (χ4n) is 1.04. The third-order valence-electron chi connectivity index (χ3n) is 1.97. The monoisotopic (exact) mass is 241 g/mol. The zero-order chi connectivity index (χ0) is 13.4. The minimum atomic E-state index is -1.26. The summed E-state index contributed by atoms with van der Waals surface area (Å²) >= 11 is 0. The van der Waals surface area contributed by atoms with Gasteiger partial charge in [0.05, 0.1) is 6.04 Å². The van der Waals surface area contributed by atoms with Gasteiger partial charge >= 0.3 is 5.97 Å². The number of nitrogens with one attached hydrogen (secondary N) is 1. The lowest BCUT2D eigenvalue weighted by molar-refractivity contribution is -0.142. The molecule has 0 radical (unpaired) electrons. The number of hydrogen-bond donors (Lipinski definition) is 4. The van der Waals surface area contributed by atoms with Crippen molar-refractivity contribution < 1.29 is 19.5 Å². The molecule has 0 aliphatic rings. The van der Waals surface area contributed by atoms with Crippen LogP contribution in [-0.2, 0) is 14.4 Å². The van der Waals surface area contributed by atoms with Gasteiger partial charge in [-0.2, -0.15) is 0 Å². The van der Waals surface area contributed by atoms with Crippen LogP contribution in [0.15, 0.2) is 0 Å². The Morgan fingerprint density at radius 3 is 2.41 bits per heavy atom. The number of terminal acetylenes is 1. The highest BCUT2D eigenvalue weighted by Crippen LogP contribution is 1.98. The molecule has 0 aromatic rings. The molecule has 6 N–H and O–H groups in total. The van der Waals surface area contributed by atoms with Crippen LogP contribution in [0.1, 0.15) is 19.3 Å². The van der Waals surface area contributed by atoms with Crippen molar-refractivity contribution in [2.45, 2.75) is 31.3 Å². The van der Waals surface area contributed by atoms with Gasteiger partial charge in [-0.25, -0.2) is 4.79 Å². The van der Waals surface area contributed by atoms with Crippen molar-refractivity contribution in [3.05, 3.63) is 0 Å². The first-order valence-corrected chi connectivity index (χ1v) is 4.89. The van der Waals surface area contributed by atoms with E-state index in [0.717, 1.165) is 0 Å². The van der Waals surface area contributed by atoms with Gasteiger partial charge < -0.3 is 21.9 Å². The summed E-state index contributed by atoms with van der Waals surface area (Å²) < 4.78 is 0. The Morgan fingerprint density at radius 2 is 2.00 bits per heavy atom. The van der Waals surface area contributed by atoms with Crippen LogP contribution in [0, 0.1) is 12.3 Å². The lowest BCUT2D eigenvalue weighted by Gasteiger charge is -2.16. The predicted molar refractivity (Wildman–Crippen MR) is 59.4 cm³/mol. The third-order valence-corrected chi connectivity index (χ3v) is 1.97. The van der Waals surface area contributed by atoms with Crippen LogP contribution >= 0.6 is 0 Å². The molecule has 0 aliphatic heterocycles. The number of primary amides is 1. The smallest absolute Gasteiger partial charge is 0.326 e. The Kier molecular flexibility index (Phi) is 6.36. The van der Waals surface area contributed by atoms with E-state index >= 15 is 0 Å². The molecule has 7 nitrogen and oxygen atoms in total. The van der Waals surface area contributed by atoms with Crippen molar-refractivity contribution in [1.82, 2.24) is 5.32 Å². The van der Waals surface area contributed by atoms with E-state index in [-0.39, 0.29) is 19.3 Å². The summed E-state index contributed by atoms with van der Waals surface area (Å²) in [4.78, 5) is 32.7. The molecule has 0 aromatic heterocycles. The molecule has 1 unspecified atom stereocenters. The minimum absolute atomic E-state index is 0.00793. The van der Waals surface area contributed by atoms with E-state index in [1.165, 1.54) is 0 Å². The van der Waals surface area contributed by atoms with Crippen molar-refractivity contribution in [3.63, 3.8) is 0 Å². The van der Waals surface area contributed by atoms with Gasteiger partial charge in [0.2, 0.25) is 11.8 Å². The van der Waals surface area contributed by atoms with E-state index in [4.69, 9.17) is 23.0 Å². The zero-order valence-corrected chi connectivity index (χ0v) is 9.18. The molecule has 7 heteroatoms. The summed E-state index contributed by atoms with van der Waals surface area (Å²) in [5.74, 6) is -0.370. The Hall–Kier alpha value is -2.07. The van der Waals surface area contributed by atoms with Crippen molar-refractivity contribution in [1.29, 1.82) is 0 Å². The fraction of sp³-hybridized carbons (Fsp3) is 0.500. The van der Waals surface area contributed by atoms with Gasteiger partial charge in [-0.15, -0.1) is 12.3 Å². The molecule has 94 valence electrons. The summed E-state index contributed by atoms with van der Waals surface area (Å²) in [6, 6.07) is -2.16. The lowest BCUT2D eigenvalue weighted by atomic mass is 10.1. The van der Waals surface area contributed by atoms with Crippen LogP contribution in [0.25, 0.3) is 0 Å². The third kappa shape index (κ3) is 6.17. The minimum Gasteiger partial charge on any atom is -0.480 e. The normalized spacial score (nSPS) is 13.2. The molecule has 17 heavy (non-hydrogen) atoms. The number of carboxylic acids is 1. The van der Waals surface area contributed by atoms with E-state index in [1.807, 2.05) is 0 Å². The molecule has 0 heterocycles. The number of carbonyl (C=O) groups is 3. The Labute approximate surface area is 98.5 Å². The van der Waals surface area contributed by atoms with Crippen molar-refractivity contribution >= 4 is 17.8 Å².